The van der Waals surface area contributed by atoms with Crippen molar-refractivity contribution >= 4 is 11.9 Å². The Kier molecular flexibility index (Phi) is 5.45. The molecule has 0 aliphatic carbocycles. The lowest BCUT2D eigenvalue weighted by molar-refractivity contribution is -0.914. The number of quaternary nitrogens is 1. The molecule has 0 radical (unpaired) electrons. The SMILES string of the molecule is CN(C)c1n[nH]c(N(C)CCCC[N+]2(C)CCCCC2)n1. The number of hydrogen-bond donors (Lipinski definition) is 1. The van der Waals surface area contributed by atoms with Crippen LogP contribution in [0.25, 0.3) is 0 Å². The van der Waals surface area contributed by atoms with Crippen LogP contribution < -0.4 is 9.80 Å². The summed E-state index contributed by atoms with van der Waals surface area (Å²) in [6, 6.07) is 0. The van der Waals surface area contributed by atoms with Crippen molar-refractivity contribution in [1.29, 1.82) is 0 Å². The molecule has 0 amide bonds. The van der Waals surface area contributed by atoms with Crippen LogP contribution in [-0.4, -0.2) is 74.0 Å². The number of anilines is 2. The number of nitrogens with one attached hydrogen (secondary N) is 1. The maximum atomic E-state index is 4.47. The molecule has 2 heterocycles. The molecule has 0 saturated carbocycles. The van der Waals surface area contributed by atoms with Gasteiger partial charge in [0.25, 0.3) is 0 Å². The van der Waals surface area contributed by atoms with Crippen LogP contribution in [0.15, 0.2) is 0 Å². The van der Waals surface area contributed by atoms with Crippen molar-refractivity contribution in [2.75, 3.05) is 64.2 Å². The molecule has 1 aromatic heterocycles. The number of piperidine rings is 1. The largest absolute Gasteiger partial charge is 0.346 e. The molecule has 0 unspecified atom stereocenters. The fraction of sp³-hybridized carbons (Fsp3) is 0.867. The van der Waals surface area contributed by atoms with E-state index in [4.69, 9.17) is 0 Å². The van der Waals surface area contributed by atoms with E-state index in [2.05, 4.69) is 34.2 Å². The van der Waals surface area contributed by atoms with Crippen LogP contribution in [0, 0.1) is 0 Å². The minimum absolute atomic E-state index is 0.739. The minimum Gasteiger partial charge on any atom is -0.346 e. The predicted molar refractivity (Wildman–Crippen MR) is 87.9 cm³/mol. The van der Waals surface area contributed by atoms with Crippen molar-refractivity contribution in [3.05, 3.63) is 0 Å². The van der Waals surface area contributed by atoms with Gasteiger partial charge < -0.3 is 14.3 Å². The van der Waals surface area contributed by atoms with Gasteiger partial charge in [-0.3, -0.25) is 0 Å². The third-order valence-electron chi connectivity index (χ3n) is 4.56. The standard InChI is InChI=1S/C15H31N6/c1-19(2)14-16-15(18-17-14)20(3)10-6-9-13-21(4)11-7-5-8-12-21/h5-13H2,1-4H3,(H,16,17,18)/q+1. The Labute approximate surface area is 128 Å². The van der Waals surface area contributed by atoms with E-state index in [9.17, 15) is 0 Å². The lowest BCUT2D eigenvalue weighted by atomic mass is 10.1. The van der Waals surface area contributed by atoms with E-state index in [-0.39, 0.29) is 0 Å². The summed E-state index contributed by atoms with van der Waals surface area (Å²) in [4.78, 5) is 8.55. The summed E-state index contributed by atoms with van der Waals surface area (Å²) in [7, 11) is 8.41. The first-order valence-corrected chi connectivity index (χ1v) is 8.15. The van der Waals surface area contributed by atoms with Gasteiger partial charge in [0.05, 0.1) is 26.7 Å². The highest BCUT2D eigenvalue weighted by molar-refractivity contribution is 5.36. The number of aromatic nitrogens is 3. The second-order valence-electron chi connectivity index (χ2n) is 6.83. The maximum Gasteiger partial charge on any atom is 0.245 e. The quantitative estimate of drug-likeness (QED) is 0.614. The molecule has 120 valence electrons. The molecule has 1 N–H and O–H groups in total. The first-order chi connectivity index (χ1) is 10.0. The van der Waals surface area contributed by atoms with Gasteiger partial charge in [-0.1, -0.05) is 0 Å². The van der Waals surface area contributed by atoms with Crippen molar-refractivity contribution in [2.45, 2.75) is 32.1 Å². The monoisotopic (exact) mass is 295 g/mol. The normalized spacial score (nSPS) is 17.7. The molecule has 1 aromatic rings. The first kappa shape index (κ1) is 16.1. The summed E-state index contributed by atoms with van der Waals surface area (Å²) in [5, 5.41) is 7.20. The second-order valence-corrected chi connectivity index (χ2v) is 6.83. The molecule has 6 nitrogen and oxygen atoms in total. The molecular weight excluding hydrogens is 264 g/mol. The Morgan fingerprint density at radius 3 is 2.43 bits per heavy atom. The van der Waals surface area contributed by atoms with Crippen molar-refractivity contribution in [1.82, 2.24) is 15.2 Å². The Morgan fingerprint density at radius 1 is 1.10 bits per heavy atom. The Bertz CT molecular complexity index is 422. The topological polar surface area (TPSA) is 48.1 Å². The number of likely N-dealkylation sites (tertiary alicyclic amines) is 1. The van der Waals surface area contributed by atoms with Gasteiger partial charge in [-0.25, -0.2) is 5.10 Å². The molecule has 1 aliphatic heterocycles. The average Bonchev–Trinajstić information content (AvgIpc) is 2.94. The number of nitrogens with zero attached hydrogens (tertiary/aromatic N) is 5. The van der Waals surface area contributed by atoms with Gasteiger partial charge in [0.2, 0.25) is 11.9 Å². The van der Waals surface area contributed by atoms with E-state index in [0.717, 1.165) is 18.4 Å². The zero-order valence-corrected chi connectivity index (χ0v) is 14.1. The van der Waals surface area contributed by atoms with Gasteiger partial charge >= 0.3 is 0 Å². The zero-order chi connectivity index (χ0) is 15.3. The lowest BCUT2D eigenvalue weighted by Gasteiger charge is -2.38. The summed E-state index contributed by atoms with van der Waals surface area (Å²) in [5.74, 6) is 1.60. The summed E-state index contributed by atoms with van der Waals surface area (Å²) in [5.41, 5.74) is 0. The van der Waals surface area contributed by atoms with E-state index < -0.39 is 0 Å². The molecule has 1 saturated heterocycles. The highest BCUT2D eigenvalue weighted by Gasteiger charge is 2.23. The zero-order valence-electron chi connectivity index (χ0n) is 14.1. The Balaban J connectivity index is 1.70. The number of aromatic amines is 1. The van der Waals surface area contributed by atoms with Crippen LogP contribution in [0.3, 0.4) is 0 Å². The van der Waals surface area contributed by atoms with E-state index in [0.29, 0.717) is 0 Å². The maximum absolute atomic E-state index is 4.47. The highest BCUT2D eigenvalue weighted by Crippen LogP contribution is 2.17. The number of unbranched alkanes of at least 4 members (excludes halogenated alkanes) is 1. The van der Waals surface area contributed by atoms with Gasteiger partial charge in [0.15, 0.2) is 0 Å². The van der Waals surface area contributed by atoms with Gasteiger partial charge in [-0.05, 0) is 32.1 Å². The first-order valence-electron chi connectivity index (χ1n) is 8.15. The van der Waals surface area contributed by atoms with Crippen LogP contribution in [0.1, 0.15) is 32.1 Å². The lowest BCUT2D eigenvalue weighted by Crippen LogP contribution is -2.48. The van der Waals surface area contributed by atoms with Gasteiger partial charge in [0.1, 0.15) is 0 Å². The van der Waals surface area contributed by atoms with E-state index in [1.165, 1.54) is 56.2 Å². The van der Waals surface area contributed by atoms with Crippen LogP contribution in [-0.2, 0) is 0 Å². The molecule has 0 bridgehead atoms. The van der Waals surface area contributed by atoms with Crippen molar-refractivity contribution in [2.24, 2.45) is 0 Å². The Hall–Kier alpha value is -1.30. The van der Waals surface area contributed by atoms with Gasteiger partial charge in [-0.2, -0.15) is 4.98 Å². The van der Waals surface area contributed by atoms with Crippen molar-refractivity contribution < 1.29 is 4.48 Å². The fourth-order valence-corrected chi connectivity index (χ4v) is 3.06. The molecule has 0 atom stereocenters. The third kappa shape index (κ3) is 4.59. The minimum atomic E-state index is 0.739. The predicted octanol–water partition coefficient (Wildman–Crippen LogP) is 1.72. The highest BCUT2D eigenvalue weighted by atomic mass is 15.4. The molecule has 1 fully saturated rings. The van der Waals surface area contributed by atoms with Crippen LogP contribution in [0.5, 0.6) is 0 Å². The fourth-order valence-electron chi connectivity index (χ4n) is 3.06. The molecule has 2 rings (SSSR count). The second kappa shape index (κ2) is 7.11. The number of rotatable bonds is 7. The van der Waals surface area contributed by atoms with Gasteiger partial charge in [-0.15, -0.1) is 5.10 Å². The molecule has 21 heavy (non-hydrogen) atoms. The molecular formula is C15H31N6+. The van der Waals surface area contributed by atoms with E-state index in [1.54, 1.807) is 0 Å². The summed E-state index contributed by atoms with van der Waals surface area (Å²) >= 11 is 0. The van der Waals surface area contributed by atoms with E-state index >= 15 is 0 Å². The third-order valence-corrected chi connectivity index (χ3v) is 4.56. The number of H-pyrrole nitrogens is 1. The van der Waals surface area contributed by atoms with Crippen LogP contribution in [0.2, 0.25) is 0 Å². The molecule has 6 heteroatoms. The summed E-state index contributed by atoms with van der Waals surface area (Å²) in [6.45, 7) is 5.07. The summed E-state index contributed by atoms with van der Waals surface area (Å²) < 4.78 is 1.27. The van der Waals surface area contributed by atoms with Gasteiger partial charge in [0, 0.05) is 27.7 Å². The van der Waals surface area contributed by atoms with E-state index in [1.807, 2.05) is 19.0 Å². The molecule has 1 aliphatic rings. The van der Waals surface area contributed by atoms with Crippen molar-refractivity contribution in [3.63, 3.8) is 0 Å². The van der Waals surface area contributed by atoms with Crippen LogP contribution >= 0.6 is 0 Å². The smallest absolute Gasteiger partial charge is 0.245 e. The van der Waals surface area contributed by atoms with Crippen molar-refractivity contribution in [3.8, 4) is 0 Å². The molecule has 0 aromatic carbocycles. The molecule has 0 spiro atoms. The summed E-state index contributed by atoms with van der Waals surface area (Å²) in [6.07, 6.45) is 6.73. The number of hydrogen-bond acceptors (Lipinski definition) is 4. The Morgan fingerprint density at radius 2 is 1.81 bits per heavy atom. The average molecular weight is 295 g/mol. The van der Waals surface area contributed by atoms with Crippen LogP contribution in [0.4, 0.5) is 11.9 Å².